The molecule has 3 unspecified atom stereocenters. The molecule has 1 aromatic carbocycles. The molecule has 0 aliphatic heterocycles. The lowest BCUT2D eigenvalue weighted by Gasteiger charge is -2.37. The lowest BCUT2D eigenvalue weighted by Crippen LogP contribution is -2.43. The van der Waals surface area contributed by atoms with E-state index in [2.05, 4.69) is 39.6 Å². The van der Waals surface area contributed by atoms with Crippen LogP contribution < -0.4 is 5.73 Å². The Kier molecular flexibility index (Phi) is 6.63. The molecule has 2 N–H and O–H groups in total. The van der Waals surface area contributed by atoms with E-state index in [1.54, 1.807) is 12.1 Å². The molecule has 0 aliphatic carbocycles. The van der Waals surface area contributed by atoms with Gasteiger partial charge >= 0.3 is 0 Å². The van der Waals surface area contributed by atoms with Crippen LogP contribution in [-0.2, 0) is 0 Å². The second-order valence-electron chi connectivity index (χ2n) is 6.22. The number of benzene rings is 1. The van der Waals surface area contributed by atoms with E-state index in [9.17, 15) is 4.39 Å². The summed E-state index contributed by atoms with van der Waals surface area (Å²) in [5.74, 6) is 0.444. The summed E-state index contributed by atoms with van der Waals surface area (Å²) >= 11 is 0. The molecule has 0 heterocycles. The van der Waals surface area contributed by atoms with Crippen LogP contribution in [0.5, 0.6) is 0 Å². The molecule has 3 atom stereocenters. The van der Waals surface area contributed by atoms with Gasteiger partial charge < -0.3 is 5.73 Å². The molecule has 2 nitrogen and oxygen atoms in total. The number of nitrogens with two attached hydrogens (primary N) is 1. The van der Waals surface area contributed by atoms with Gasteiger partial charge in [-0.25, -0.2) is 4.39 Å². The van der Waals surface area contributed by atoms with Gasteiger partial charge in [-0.1, -0.05) is 32.9 Å². The molecular formula is C17H29FN2. The van der Waals surface area contributed by atoms with Gasteiger partial charge in [0.15, 0.2) is 0 Å². The highest BCUT2D eigenvalue weighted by atomic mass is 19.1. The number of halogens is 1. The molecule has 0 amide bonds. The minimum atomic E-state index is -0.194. The molecular weight excluding hydrogens is 251 g/mol. The Labute approximate surface area is 123 Å². The Morgan fingerprint density at radius 3 is 2.40 bits per heavy atom. The Bertz CT molecular complexity index is 406. The van der Waals surface area contributed by atoms with Crippen LogP contribution in [0.3, 0.4) is 0 Å². The van der Waals surface area contributed by atoms with E-state index in [1.807, 2.05) is 6.07 Å². The minimum Gasteiger partial charge on any atom is -0.326 e. The van der Waals surface area contributed by atoms with Crippen molar-refractivity contribution < 1.29 is 4.39 Å². The Morgan fingerprint density at radius 1 is 1.25 bits per heavy atom. The smallest absolute Gasteiger partial charge is 0.123 e. The van der Waals surface area contributed by atoms with Crippen molar-refractivity contribution in [2.75, 3.05) is 7.05 Å². The normalized spacial score (nSPS) is 16.4. The molecule has 1 rings (SSSR count). The van der Waals surface area contributed by atoms with Crippen molar-refractivity contribution in [1.82, 2.24) is 4.90 Å². The first-order valence-corrected chi connectivity index (χ1v) is 7.59. The number of rotatable bonds is 7. The van der Waals surface area contributed by atoms with Gasteiger partial charge in [-0.15, -0.1) is 0 Å². The lowest BCUT2D eigenvalue weighted by atomic mass is 9.93. The molecule has 114 valence electrons. The van der Waals surface area contributed by atoms with Crippen molar-refractivity contribution in [1.29, 1.82) is 0 Å². The van der Waals surface area contributed by atoms with Crippen molar-refractivity contribution in [2.45, 2.75) is 58.7 Å². The average molecular weight is 280 g/mol. The van der Waals surface area contributed by atoms with Crippen molar-refractivity contribution >= 4 is 0 Å². The summed E-state index contributed by atoms with van der Waals surface area (Å²) in [7, 11) is 2.10. The molecule has 0 aliphatic rings. The zero-order valence-corrected chi connectivity index (χ0v) is 13.4. The van der Waals surface area contributed by atoms with Crippen LogP contribution in [0, 0.1) is 11.7 Å². The second kappa shape index (κ2) is 7.75. The van der Waals surface area contributed by atoms with Crippen molar-refractivity contribution in [2.24, 2.45) is 11.7 Å². The topological polar surface area (TPSA) is 29.3 Å². The Balaban J connectivity index is 3.00. The summed E-state index contributed by atoms with van der Waals surface area (Å²) < 4.78 is 13.5. The average Bonchev–Trinajstić information content (AvgIpc) is 2.37. The van der Waals surface area contributed by atoms with Gasteiger partial charge in [0.05, 0.1) is 0 Å². The molecule has 0 saturated carbocycles. The fourth-order valence-corrected chi connectivity index (χ4v) is 2.82. The summed E-state index contributed by atoms with van der Waals surface area (Å²) in [4.78, 5) is 2.29. The largest absolute Gasteiger partial charge is 0.326 e. The number of hydrogen-bond donors (Lipinski definition) is 1. The van der Waals surface area contributed by atoms with E-state index < -0.39 is 0 Å². The van der Waals surface area contributed by atoms with E-state index in [4.69, 9.17) is 5.73 Å². The third-order valence-corrected chi connectivity index (χ3v) is 4.01. The summed E-state index contributed by atoms with van der Waals surface area (Å²) in [6.45, 7) is 8.75. The van der Waals surface area contributed by atoms with E-state index in [0.29, 0.717) is 12.0 Å². The van der Waals surface area contributed by atoms with Crippen LogP contribution in [-0.4, -0.2) is 24.0 Å². The van der Waals surface area contributed by atoms with E-state index >= 15 is 0 Å². The maximum absolute atomic E-state index is 13.5. The minimum absolute atomic E-state index is 0.0106. The van der Waals surface area contributed by atoms with Crippen molar-refractivity contribution in [3.63, 3.8) is 0 Å². The van der Waals surface area contributed by atoms with Crippen LogP contribution >= 0.6 is 0 Å². The standard InChI is InChI=1S/C17H29FN2/c1-6-16(19)17(14-8-7-9-15(18)11-14)20(5)13(4)10-12(2)3/h7-9,11-13,16-17H,6,10,19H2,1-5H3. The maximum Gasteiger partial charge on any atom is 0.123 e. The molecule has 20 heavy (non-hydrogen) atoms. The van der Waals surface area contributed by atoms with Crippen molar-refractivity contribution in [3.05, 3.63) is 35.6 Å². The molecule has 0 radical (unpaired) electrons. The first-order chi connectivity index (χ1) is 9.36. The van der Waals surface area contributed by atoms with E-state index in [0.717, 1.165) is 18.4 Å². The zero-order valence-electron chi connectivity index (χ0n) is 13.4. The third kappa shape index (κ3) is 4.57. The van der Waals surface area contributed by atoms with Gasteiger partial charge in [-0.2, -0.15) is 0 Å². The van der Waals surface area contributed by atoms with Crippen molar-refractivity contribution in [3.8, 4) is 0 Å². The summed E-state index contributed by atoms with van der Waals surface area (Å²) in [6, 6.07) is 7.32. The first-order valence-electron chi connectivity index (χ1n) is 7.59. The van der Waals surface area contributed by atoms with Crippen LogP contribution in [0.15, 0.2) is 24.3 Å². The zero-order chi connectivity index (χ0) is 15.3. The quantitative estimate of drug-likeness (QED) is 0.819. The highest BCUT2D eigenvalue weighted by Crippen LogP contribution is 2.28. The molecule has 1 aromatic rings. The van der Waals surface area contributed by atoms with Crippen LogP contribution in [0.1, 0.15) is 52.1 Å². The predicted molar refractivity (Wildman–Crippen MR) is 84.1 cm³/mol. The number of nitrogens with zero attached hydrogens (tertiary/aromatic N) is 1. The van der Waals surface area contributed by atoms with Gasteiger partial charge in [0.25, 0.3) is 0 Å². The summed E-state index contributed by atoms with van der Waals surface area (Å²) in [5, 5.41) is 0. The number of likely N-dealkylation sites (N-methyl/N-ethyl adjacent to an activating group) is 1. The molecule has 0 fully saturated rings. The summed E-state index contributed by atoms with van der Waals surface area (Å²) in [6.07, 6.45) is 1.98. The van der Waals surface area contributed by atoms with E-state index in [1.165, 1.54) is 6.07 Å². The van der Waals surface area contributed by atoms with Gasteiger partial charge in [-0.05, 0) is 50.4 Å². The maximum atomic E-state index is 13.5. The van der Waals surface area contributed by atoms with Crippen LogP contribution in [0.2, 0.25) is 0 Å². The first kappa shape index (κ1) is 17.1. The Morgan fingerprint density at radius 2 is 1.90 bits per heavy atom. The SMILES string of the molecule is CCC(N)C(c1cccc(F)c1)N(C)C(C)CC(C)C. The molecule has 0 aromatic heterocycles. The van der Waals surface area contributed by atoms with E-state index in [-0.39, 0.29) is 17.9 Å². The second-order valence-corrected chi connectivity index (χ2v) is 6.22. The van der Waals surface area contributed by atoms with Gasteiger partial charge in [0.2, 0.25) is 0 Å². The molecule has 0 spiro atoms. The monoisotopic (exact) mass is 280 g/mol. The summed E-state index contributed by atoms with van der Waals surface area (Å²) in [5.41, 5.74) is 7.27. The molecule has 0 bridgehead atoms. The third-order valence-electron chi connectivity index (χ3n) is 4.01. The van der Waals surface area contributed by atoms with Gasteiger partial charge in [-0.3, -0.25) is 4.90 Å². The molecule has 3 heteroatoms. The fraction of sp³-hybridized carbons (Fsp3) is 0.647. The predicted octanol–water partition coefficient (Wildman–Crippen LogP) is 3.97. The van der Waals surface area contributed by atoms with Gasteiger partial charge in [0.1, 0.15) is 5.82 Å². The highest BCUT2D eigenvalue weighted by molar-refractivity contribution is 5.22. The molecule has 0 saturated heterocycles. The fourth-order valence-electron chi connectivity index (χ4n) is 2.82. The van der Waals surface area contributed by atoms with Gasteiger partial charge in [0, 0.05) is 18.1 Å². The van der Waals surface area contributed by atoms with Crippen LogP contribution in [0.25, 0.3) is 0 Å². The Hall–Kier alpha value is -0.930. The highest BCUT2D eigenvalue weighted by Gasteiger charge is 2.26. The number of hydrogen-bond acceptors (Lipinski definition) is 2. The van der Waals surface area contributed by atoms with Crippen LogP contribution in [0.4, 0.5) is 4.39 Å². The lowest BCUT2D eigenvalue weighted by molar-refractivity contribution is 0.142.